The molecular weight excluding hydrogens is 378 g/mol. The Morgan fingerprint density at radius 3 is 2.33 bits per heavy atom. The molecule has 30 heavy (non-hydrogen) atoms. The van der Waals surface area contributed by atoms with Crippen molar-refractivity contribution in [3.05, 3.63) is 84.2 Å². The van der Waals surface area contributed by atoms with Crippen LogP contribution in [0.5, 0.6) is 6.01 Å². The van der Waals surface area contributed by atoms with Crippen molar-refractivity contribution in [1.82, 2.24) is 19.7 Å². The quantitative estimate of drug-likeness (QED) is 0.566. The second kappa shape index (κ2) is 7.44. The molecule has 0 bridgehead atoms. The molecule has 148 valence electrons. The molecule has 5 rings (SSSR count). The highest BCUT2D eigenvalue weighted by Gasteiger charge is 2.34. The summed E-state index contributed by atoms with van der Waals surface area (Å²) in [6, 6.07) is 20.1. The zero-order valence-corrected chi connectivity index (χ0v) is 16.3. The minimum absolute atomic E-state index is 0.0694. The maximum absolute atomic E-state index is 12.6. The number of benzene rings is 2. The number of nitrogens with zero attached hydrogens (tertiary/aromatic N) is 4. The van der Waals surface area contributed by atoms with E-state index in [0.717, 1.165) is 28.1 Å². The average Bonchev–Trinajstić information content (AvgIpc) is 3.19. The fraction of sp³-hybridized carbons (Fsp3) is 0.130. The van der Waals surface area contributed by atoms with Crippen LogP contribution in [0, 0.1) is 0 Å². The van der Waals surface area contributed by atoms with Crippen LogP contribution < -0.4 is 10.1 Å². The fourth-order valence-electron chi connectivity index (χ4n) is 3.81. The monoisotopic (exact) mass is 397 g/mol. The van der Waals surface area contributed by atoms with Gasteiger partial charge in [0.2, 0.25) is 5.91 Å². The van der Waals surface area contributed by atoms with Crippen molar-refractivity contribution in [3.8, 4) is 23.0 Å². The van der Waals surface area contributed by atoms with Crippen LogP contribution in [0.1, 0.15) is 23.5 Å². The van der Waals surface area contributed by atoms with Crippen LogP contribution >= 0.6 is 0 Å². The molecule has 1 atom stereocenters. The smallest absolute Gasteiger partial charge is 0.316 e. The largest absolute Gasteiger partial charge is 0.467 e. The minimum atomic E-state index is -0.215. The van der Waals surface area contributed by atoms with Crippen molar-refractivity contribution in [1.29, 1.82) is 0 Å². The highest BCUT2D eigenvalue weighted by molar-refractivity contribution is 5.96. The third-order valence-corrected chi connectivity index (χ3v) is 5.20. The normalized spacial score (nSPS) is 15.4. The molecule has 1 N–H and O–H groups in total. The van der Waals surface area contributed by atoms with Crippen molar-refractivity contribution in [2.75, 3.05) is 12.4 Å². The van der Waals surface area contributed by atoms with E-state index in [-0.39, 0.29) is 11.8 Å². The second-order valence-corrected chi connectivity index (χ2v) is 7.03. The van der Waals surface area contributed by atoms with E-state index in [1.165, 1.54) is 7.11 Å². The van der Waals surface area contributed by atoms with Gasteiger partial charge in [-0.15, -0.1) is 0 Å². The first-order chi connectivity index (χ1) is 14.7. The summed E-state index contributed by atoms with van der Waals surface area (Å²) in [7, 11) is 1.53. The number of aromatic nitrogens is 4. The first-order valence-corrected chi connectivity index (χ1v) is 9.64. The van der Waals surface area contributed by atoms with E-state index in [2.05, 4.69) is 15.3 Å². The molecule has 0 spiro atoms. The van der Waals surface area contributed by atoms with Crippen molar-refractivity contribution in [2.24, 2.45) is 0 Å². The van der Waals surface area contributed by atoms with Gasteiger partial charge in [0.25, 0.3) is 0 Å². The van der Waals surface area contributed by atoms with Gasteiger partial charge in [-0.3, -0.25) is 4.79 Å². The summed E-state index contributed by atoms with van der Waals surface area (Å²) >= 11 is 0. The van der Waals surface area contributed by atoms with Gasteiger partial charge in [0.1, 0.15) is 5.82 Å². The summed E-state index contributed by atoms with van der Waals surface area (Å²) in [5.74, 6) is 0.393. The summed E-state index contributed by atoms with van der Waals surface area (Å²) in [6.45, 7) is 0. The van der Waals surface area contributed by atoms with Crippen LogP contribution in [0.4, 0.5) is 5.82 Å². The Morgan fingerprint density at radius 1 is 1.00 bits per heavy atom. The number of methoxy groups -OCH3 is 1. The van der Waals surface area contributed by atoms with E-state index in [9.17, 15) is 4.79 Å². The Balaban J connectivity index is 1.74. The molecule has 7 nitrogen and oxygen atoms in total. The minimum Gasteiger partial charge on any atom is -0.467 e. The lowest BCUT2D eigenvalue weighted by molar-refractivity contribution is -0.116. The number of hydrogen-bond donors (Lipinski definition) is 1. The van der Waals surface area contributed by atoms with Crippen LogP contribution in [-0.4, -0.2) is 32.8 Å². The lowest BCUT2D eigenvalue weighted by Crippen LogP contribution is -2.25. The Morgan fingerprint density at radius 2 is 1.67 bits per heavy atom. The van der Waals surface area contributed by atoms with Crippen LogP contribution in [0.3, 0.4) is 0 Å². The molecule has 1 aliphatic rings. The molecule has 2 aromatic heterocycles. The zero-order chi connectivity index (χ0) is 20.5. The van der Waals surface area contributed by atoms with Gasteiger partial charge in [0.05, 0.1) is 18.5 Å². The molecule has 3 heterocycles. The predicted octanol–water partition coefficient (Wildman–Crippen LogP) is 3.81. The Labute approximate surface area is 173 Å². The van der Waals surface area contributed by atoms with Crippen LogP contribution in [0.25, 0.3) is 16.9 Å². The van der Waals surface area contributed by atoms with Gasteiger partial charge in [0.15, 0.2) is 0 Å². The van der Waals surface area contributed by atoms with E-state index < -0.39 is 0 Å². The standard InChI is InChI=1S/C23H19N5O2/c1-30-23-24-13-16(14-25-23)18-12-19(29)26-22-20(18)21(15-8-4-2-5-9-15)27-28(22)17-10-6-3-7-11-17/h2-11,13-14,18H,12H2,1H3,(H,26,29). The van der Waals surface area contributed by atoms with E-state index in [4.69, 9.17) is 9.84 Å². The zero-order valence-electron chi connectivity index (χ0n) is 16.3. The van der Waals surface area contributed by atoms with Gasteiger partial charge in [-0.25, -0.2) is 14.6 Å². The summed E-state index contributed by atoms with van der Waals surface area (Å²) < 4.78 is 6.88. The van der Waals surface area contributed by atoms with E-state index in [1.54, 1.807) is 17.1 Å². The molecule has 2 aromatic carbocycles. The van der Waals surface area contributed by atoms with Gasteiger partial charge in [-0.05, 0) is 17.7 Å². The summed E-state index contributed by atoms with van der Waals surface area (Å²) in [5.41, 5.74) is 4.49. The molecule has 0 fully saturated rings. The number of nitrogens with one attached hydrogen (secondary N) is 1. The molecule has 0 saturated heterocycles. The highest BCUT2D eigenvalue weighted by Crippen LogP contribution is 2.43. The average molecular weight is 397 g/mol. The SMILES string of the molecule is COc1ncc(C2CC(=O)Nc3c2c(-c2ccccc2)nn3-c2ccccc2)cn1. The first-order valence-electron chi connectivity index (χ1n) is 9.64. The van der Waals surface area contributed by atoms with Crippen LogP contribution in [0.15, 0.2) is 73.1 Å². The molecule has 7 heteroatoms. The van der Waals surface area contributed by atoms with Gasteiger partial charge in [-0.1, -0.05) is 48.5 Å². The molecule has 0 saturated carbocycles. The first kappa shape index (κ1) is 18.1. The Hall–Kier alpha value is -4.00. The lowest BCUT2D eigenvalue weighted by atomic mass is 9.85. The van der Waals surface area contributed by atoms with Crippen molar-refractivity contribution < 1.29 is 9.53 Å². The summed E-state index contributed by atoms with van der Waals surface area (Å²) in [6.07, 6.45) is 3.73. The number of ether oxygens (including phenoxy) is 1. The summed E-state index contributed by atoms with van der Waals surface area (Å²) in [4.78, 5) is 21.1. The number of carbonyl (C=O) groups is 1. The number of para-hydroxylation sites is 1. The predicted molar refractivity (Wildman–Crippen MR) is 113 cm³/mol. The fourth-order valence-corrected chi connectivity index (χ4v) is 3.81. The second-order valence-electron chi connectivity index (χ2n) is 7.03. The Kier molecular flexibility index (Phi) is 4.48. The number of hydrogen-bond acceptors (Lipinski definition) is 5. The molecule has 1 unspecified atom stereocenters. The van der Waals surface area contributed by atoms with Gasteiger partial charge in [-0.2, -0.15) is 5.10 Å². The third kappa shape index (κ3) is 3.10. The van der Waals surface area contributed by atoms with Gasteiger partial charge in [0, 0.05) is 35.9 Å². The maximum Gasteiger partial charge on any atom is 0.316 e. The van der Waals surface area contributed by atoms with Crippen LogP contribution in [-0.2, 0) is 4.79 Å². The molecule has 4 aromatic rings. The van der Waals surface area contributed by atoms with Crippen LogP contribution in [0.2, 0.25) is 0 Å². The van der Waals surface area contributed by atoms with E-state index in [0.29, 0.717) is 18.2 Å². The van der Waals surface area contributed by atoms with E-state index >= 15 is 0 Å². The summed E-state index contributed by atoms with van der Waals surface area (Å²) in [5, 5.41) is 7.95. The van der Waals surface area contributed by atoms with Gasteiger partial charge < -0.3 is 10.1 Å². The molecular formula is C23H19N5O2. The number of anilines is 1. The maximum atomic E-state index is 12.6. The number of fused-ring (bicyclic) bond motifs is 1. The van der Waals surface area contributed by atoms with E-state index in [1.807, 2.05) is 60.7 Å². The van der Waals surface area contributed by atoms with Gasteiger partial charge >= 0.3 is 6.01 Å². The molecule has 0 radical (unpaired) electrons. The molecule has 1 aliphatic heterocycles. The molecule has 0 aliphatic carbocycles. The lowest BCUT2D eigenvalue weighted by Gasteiger charge is -2.24. The number of amides is 1. The van der Waals surface area contributed by atoms with Crippen molar-refractivity contribution in [2.45, 2.75) is 12.3 Å². The highest BCUT2D eigenvalue weighted by atomic mass is 16.5. The topological polar surface area (TPSA) is 81.9 Å². The van der Waals surface area contributed by atoms with Crippen molar-refractivity contribution in [3.63, 3.8) is 0 Å². The molecule has 1 amide bonds. The number of rotatable bonds is 4. The third-order valence-electron chi connectivity index (χ3n) is 5.20. The van der Waals surface area contributed by atoms with Crippen molar-refractivity contribution >= 4 is 11.7 Å². The number of carbonyl (C=O) groups excluding carboxylic acids is 1. The Bertz CT molecular complexity index is 1190.